The molecular formula is C8H15NO2. The number of ether oxygens (including phenoxy) is 1. The average molecular weight is 157 g/mol. The van der Waals surface area contributed by atoms with Crippen molar-refractivity contribution in [1.29, 1.82) is 0 Å². The molecule has 3 nitrogen and oxygen atoms in total. The molecule has 1 heterocycles. The molecule has 0 radical (unpaired) electrons. The first-order valence-corrected chi connectivity index (χ1v) is 4.16. The lowest BCUT2D eigenvalue weighted by Crippen LogP contribution is -2.35. The number of hydrogen-bond acceptors (Lipinski definition) is 3. The third-order valence-corrected chi connectivity index (χ3v) is 1.95. The zero-order valence-electron chi connectivity index (χ0n) is 7.09. The van der Waals surface area contributed by atoms with Crippen LogP contribution in [0.1, 0.15) is 26.7 Å². The van der Waals surface area contributed by atoms with Gasteiger partial charge in [0.1, 0.15) is 6.04 Å². The molecule has 1 aliphatic heterocycles. The fraction of sp³-hybridized carbons (Fsp3) is 0.875. The van der Waals surface area contributed by atoms with E-state index in [0.717, 1.165) is 12.8 Å². The molecule has 0 aromatic carbocycles. The zero-order chi connectivity index (χ0) is 8.27. The van der Waals surface area contributed by atoms with Crippen molar-refractivity contribution in [2.45, 2.75) is 38.8 Å². The van der Waals surface area contributed by atoms with Crippen molar-refractivity contribution in [1.82, 2.24) is 5.32 Å². The van der Waals surface area contributed by atoms with Crippen LogP contribution in [-0.4, -0.2) is 24.7 Å². The van der Waals surface area contributed by atoms with E-state index in [-0.39, 0.29) is 12.0 Å². The van der Waals surface area contributed by atoms with Gasteiger partial charge in [-0.2, -0.15) is 0 Å². The molecule has 0 aliphatic carbocycles. The second-order valence-corrected chi connectivity index (χ2v) is 2.95. The predicted octanol–water partition coefficient (Wildman–Crippen LogP) is 0.690. The zero-order valence-corrected chi connectivity index (χ0v) is 7.09. The molecule has 11 heavy (non-hydrogen) atoms. The summed E-state index contributed by atoms with van der Waals surface area (Å²) in [5, 5.41) is 3.16. The summed E-state index contributed by atoms with van der Waals surface area (Å²) in [4.78, 5) is 11.1. The van der Waals surface area contributed by atoms with Gasteiger partial charge in [0, 0.05) is 6.04 Å². The highest BCUT2D eigenvalue weighted by Gasteiger charge is 2.27. The second-order valence-electron chi connectivity index (χ2n) is 2.95. The van der Waals surface area contributed by atoms with Gasteiger partial charge in [0.05, 0.1) is 6.61 Å². The SMILES string of the molecule is CCOC(=O)[C@H]1CC[C@H](C)N1. The molecule has 0 bridgehead atoms. The molecule has 0 aromatic rings. The number of carbonyl (C=O) groups is 1. The first-order valence-electron chi connectivity index (χ1n) is 4.16. The normalized spacial score (nSPS) is 30.4. The summed E-state index contributed by atoms with van der Waals surface area (Å²) in [6, 6.07) is 0.411. The van der Waals surface area contributed by atoms with Crippen LogP contribution in [0, 0.1) is 0 Å². The fourth-order valence-electron chi connectivity index (χ4n) is 1.36. The Morgan fingerprint density at radius 1 is 1.64 bits per heavy atom. The minimum absolute atomic E-state index is 0.0510. The van der Waals surface area contributed by atoms with E-state index < -0.39 is 0 Å². The lowest BCUT2D eigenvalue weighted by molar-refractivity contribution is -0.145. The van der Waals surface area contributed by atoms with Crippen molar-refractivity contribution in [2.75, 3.05) is 6.61 Å². The molecule has 2 atom stereocenters. The summed E-state index contributed by atoms with van der Waals surface area (Å²) in [5.74, 6) is -0.100. The lowest BCUT2D eigenvalue weighted by Gasteiger charge is -2.09. The van der Waals surface area contributed by atoms with Gasteiger partial charge in [0.25, 0.3) is 0 Å². The summed E-state index contributed by atoms with van der Waals surface area (Å²) in [6.45, 7) is 4.39. The van der Waals surface area contributed by atoms with Crippen LogP contribution in [0.5, 0.6) is 0 Å². The summed E-state index contributed by atoms with van der Waals surface area (Å²) in [5.41, 5.74) is 0. The summed E-state index contributed by atoms with van der Waals surface area (Å²) in [6.07, 6.45) is 1.99. The van der Waals surface area contributed by atoms with Crippen molar-refractivity contribution in [3.63, 3.8) is 0 Å². The average Bonchev–Trinajstić information content (AvgIpc) is 2.36. The monoisotopic (exact) mass is 157 g/mol. The lowest BCUT2D eigenvalue weighted by atomic mass is 10.2. The number of esters is 1. The summed E-state index contributed by atoms with van der Waals surface area (Å²) >= 11 is 0. The Bertz CT molecular complexity index is 147. The molecule has 0 amide bonds. The molecule has 1 saturated heterocycles. The van der Waals surface area contributed by atoms with Crippen LogP contribution in [0.4, 0.5) is 0 Å². The third kappa shape index (κ3) is 2.19. The van der Waals surface area contributed by atoms with Crippen molar-refractivity contribution in [3.8, 4) is 0 Å². The molecule has 0 unspecified atom stereocenters. The molecule has 1 N–H and O–H groups in total. The van der Waals surface area contributed by atoms with Crippen LogP contribution in [0.3, 0.4) is 0 Å². The van der Waals surface area contributed by atoms with Crippen LogP contribution in [0.2, 0.25) is 0 Å². The number of rotatable bonds is 2. The van der Waals surface area contributed by atoms with Crippen molar-refractivity contribution in [2.24, 2.45) is 0 Å². The summed E-state index contributed by atoms with van der Waals surface area (Å²) < 4.78 is 4.87. The third-order valence-electron chi connectivity index (χ3n) is 1.95. The number of nitrogens with one attached hydrogen (secondary N) is 1. The molecule has 0 spiro atoms. The Kier molecular flexibility index (Phi) is 2.88. The largest absolute Gasteiger partial charge is 0.465 e. The van der Waals surface area contributed by atoms with Gasteiger partial charge in [-0.1, -0.05) is 0 Å². The quantitative estimate of drug-likeness (QED) is 0.599. The van der Waals surface area contributed by atoms with Gasteiger partial charge in [0.2, 0.25) is 0 Å². The van der Waals surface area contributed by atoms with Crippen LogP contribution in [0.25, 0.3) is 0 Å². The Labute approximate surface area is 67.1 Å². The van der Waals surface area contributed by atoms with Gasteiger partial charge in [-0.15, -0.1) is 0 Å². The van der Waals surface area contributed by atoms with Gasteiger partial charge in [-0.3, -0.25) is 4.79 Å². The van der Waals surface area contributed by atoms with E-state index in [0.29, 0.717) is 12.6 Å². The van der Waals surface area contributed by atoms with E-state index in [1.165, 1.54) is 0 Å². The van der Waals surface area contributed by atoms with E-state index in [1.54, 1.807) is 0 Å². The molecule has 1 rings (SSSR count). The Morgan fingerprint density at radius 2 is 2.36 bits per heavy atom. The number of hydrogen-bond donors (Lipinski definition) is 1. The molecule has 3 heteroatoms. The topological polar surface area (TPSA) is 38.3 Å². The first kappa shape index (κ1) is 8.53. The molecule has 1 fully saturated rings. The maximum absolute atomic E-state index is 11.1. The van der Waals surface area contributed by atoms with Gasteiger partial charge in [-0.05, 0) is 26.7 Å². The molecular weight excluding hydrogens is 142 g/mol. The minimum atomic E-state index is -0.100. The predicted molar refractivity (Wildman–Crippen MR) is 42.3 cm³/mol. The molecule has 64 valence electrons. The van der Waals surface area contributed by atoms with E-state index in [4.69, 9.17) is 4.74 Å². The maximum Gasteiger partial charge on any atom is 0.323 e. The summed E-state index contributed by atoms with van der Waals surface area (Å²) in [7, 11) is 0. The van der Waals surface area contributed by atoms with Gasteiger partial charge in [-0.25, -0.2) is 0 Å². The van der Waals surface area contributed by atoms with Crippen molar-refractivity contribution >= 4 is 5.97 Å². The van der Waals surface area contributed by atoms with Gasteiger partial charge < -0.3 is 10.1 Å². The van der Waals surface area contributed by atoms with E-state index in [9.17, 15) is 4.79 Å². The molecule has 0 aromatic heterocycles. The van der Waals surface area contributed by atoms with Crippen LogP contribution in [0.15, 0.2) is 0 Å². The van der Waals surface area contributed by atoms with E-state index in [2.05, 4.69) is 12.2 Å². The second kappa shape index (κ2) is 3.72. The standard InChI is InChI=1S/C8H15NO2/c1-3-11-8(10)7-5-4-6(2)9-7/h6-7,9H,3-5H2,1-2H3/t6-,7+/m0/s1. The highest BCUT2D eigenvalue weighted by molar-refractivity contribution is 5.76. The number of carbonyl (C=O) groups excluding carboxylic acids is 1. The van der Waals surface area contributed by atoms with Gasteiger partial charge >= 0.3 is 5.97 Å². The Hall–Kier alpha value is -0.570. The van der Waals surface area contributed by atoms with E-state index in [1.807, 2.05) is 6.92 Å². The van der Waals surface area contributed by atoms with Crippen molar-refractivity contribution < 1.29 is 9.53 Å². The minimum Gasteiger partial charge on any atom is -0.465 e. The molecule has 1 aliphatic rings. The first-order chi connectivity index (χ1) is 5.24. The van der Waals surface area contributed by atoms with Crippen LogP contribution in [-0.2, 0) is 9.53 Å². The van der Waals surface area contributed by atoms with Crippen LogP contribution < -0.4 is 5.32 Å². The smallest absolute Gasteiger partial charge is 0.323 e. The Balaban J connectivity index is 2.31. The van der Waals surface area contributed by atoms with Crippen molar-refractivity contribution in [3.05, 3.63) is 0 Å². The fourth-order valence-corrected chi connectivity index (χ4v) is 1.36. The Morgan fingerprint density at radius 3 is 2.82 bits per heavy atom. The molecule has 0 saturated carbocycles. The van der Waals surface area contributed by atoms with E-state index >= 15 is 0 Å². The highest BCUT2D eigenvalue weighted by atomic mass is 16.5. The van der Waals surface area contributed by atoms with Gasteiger partial charge in [0.15, 0.2) is 0 Å². The van der Waals surface area contributed by atoms with Crippen LogP contribution >= 0.6 is 0 Å². The maximum atomic E-state index is 11.1. The highest BCUT2D eigenvalue weighted by Crippen LogP contribution is 2.12.